The van der Waals surface area contributed by atoms with Crippen LogP contribution >= 0.6 is 7.60 Å². The summed E-state index contributed by atoms with van der Waals surface area (Å²) in [7, 11) is -3.28. The number of hydrogen-bond donors (Lipinski definition) is 1. The van der Waals surface area contributed by atoms with Gasteiger partial charge in [0.05, 0.1) is 6.61 Å². The lowest BCUT2D eigenvalue weighted by Crippen LogP contribution is -1.97. The molecule has 3 nitrogen and oxygen atoms in total. The highest BCUT2D eigenvalue weighted by Crippen LogP contribution is 2.42. The van der Waals surface area contributed by atoms with Crippen LogP contribution in [-0.4, -0.2) is 17.7 Å². The van der Waals surface area contributed by atoms with Gasteiger partial charge in [-0.1, -0.05) is 52.4 Å². The van der Waals surface area contributed by atoms with Gasteiger partial charge in [-0.2, -0.15) is 0 Å². The minimum Gasteiger partial charge on any atom is -0.324 e. The van der Waals surface area contributed by atoms with E-state index in [1.807, 2.05) is 6.92 Å². The van der Waals surface area contributed by atoms with Gasteiger partial charge >= 0.3 is 7.60 Å². The second-order valence-corrected chi connectivity index (χ2v) is 6.30. The van der Waals surface area contributed by atoms with Crippen LogP contribution in [-0.2, 0) is 9.09 Å². The highest BCUT2D eigenvalue weighted by Gasteiger charge is 2.17. The van der Waals surface area contributed by atoms with Crippen molar-refractivity contribution in [2.75, 3.05) is 12.8 Å². The van der Waals surface area contributed by atoms with Crippen LogP contribution in [0.4, 0.5) is 0 Å². The lowest BCUT2D eigenvalue weighted by Gasteiger charge is -2.11. The quantitative estimate of drug-likeness (QED) is 0.438. The summed E-state index contributed by atoms with van der Waals surface area (Å²) in [6, 6.07) is 0. The number of hydrogen-bond acceptors (Lipinski definition) is 2. The molecule has 0 aliphatic carbocycles. The zero-order chi connectivity index (χ0) is 12.3. The molecule has 0 saturated heterocycles. The first-order valence-corrected chi connectivity index (χ1v) is 8.35. The summed E-state index contributed by atoms with van der Waals surface area (Å²) in [5, 5.41) is 0. The van der Waals surface area contributed by atoms with Crippen LogP contribution in [0.5, 0.6) is 0 Å². The van der Waals surface area contributed by atoms with E-state index in [1.165, 1.54) is 25.7 Å². The summed E-state index contributed by atoms with van der Waals surface area (Å²) in [4.78, 5) is 9.48. The maximum absolute atomic E-state index is 11.5. The molecule has 1 atom stereocenters. The third-order valence-electron chi connectivity index (χ3n) is 2.59. The first kappa shape index (κ1) is 16.1. The molecule has 98 valence electrons. The van der Waals surface area contributed by atoms with Crippen LogP contribution in [0.25, 0.3) is 0 Å². The summed E-state index contributed by atoms with van der Waals surface area (Å²) in [6.45, 7) is 4.64. The minimum absolute atomic E-state index is 0.322. The summed E-state index contributed by atoms with van der Waals surface area (Å²) in [5.41, 5.74) is 0. The average Bonchev–Trinajstić information content (AvgIpc) is 2.23. The van der Waals surface area contributed by atoms with E-state index in [9.17, 15) is 9.46 Å². The zero-order valence-electron chi connectivity index (χ0n) is 10.8. The fraction of sp³-hybridized carbons (Fsp3) is 1.00. The van der Waals surface area contributed by atoms with E-state index in [0.29, 0.717) is 12.8 Å². The van der Waals surface area contributed by atoms with Crippen LogP contribution in [0, 0.1) is 0 Å². The molecule has 0 saturated carbocycles. The van der Waals surface area contributed by atoms with Gasteiger partial charge in [-0.15, -0.1) is 0 Å². The van der Waals surface area contributed by atoms with Crippen molar-refractivity contribution in [2.24, 2.45) is 0 Å². The third kappa shape index (κ3) is 10.7. The van der Waals surface area contributed by atoms with Crippen LogP contribution in [0.1, 0.15) is 65.2 Å². The van der Waals surface area contributed by atoms with Crippen molar-refractivity contribution >= 4 is 7.60 Å². The van der Waals surface area contributed by atoms with E-state index in [0.717, 1.165) is 25.7 Å². The molecule has 0 heterocycles. The Labute approximate surface area is 100 Å². The van der Waals surface area contributed by atoms with E-state index in [1.54, 1.807) is 0 Å². The van der Waals surface area contributed by atoms with Gasteiger partial charge in [-0.25, -0.2) is 0 Å². The molecule has 0 aliphatic heterocycles. The molecule has 0 aromatic heterocycles. The molecule has 16 heavy (non-hydrogen) atoms. The van der Waals surface area contributed by atoms with Gasteiger partial charge < -0.3 is 9.42 Å². The Hall–Kier alpha value is 0.150. The van der Waals surface area contributed by atoms with Crippen LogP contribution in [0.15, 0.2) is 0 Å². The topological polar surface area (TPSA) is 46.5 Å². The van der Waals surface area contributed by atoms with Crippen molar-refractivity contribution in [2.45, 2.75) is 65.2 Å². The summed E-state index contributed by atoms with van der Waals surface area (Å²) in [6.07, 6.45) is 8.94. The van der Waals surface area contributed by atoms with E-state index < -0.39 is 7.60 Å². The Morgan fingerprint density at radius 3 is 2.12 bits per heavy atom. The lowest BCUT2D eigenvalue weighted by atomic mass is 10.1. The normalized spacial score (nSPS) is 14.9. The second kappa shape index (κ2) is 10.3. The predicted molar refractivity (Wildman–Crippen MR) is 68.9 cm³/mol. The average molecular weight is 250 g/mol. The van der Waals surface area contributed by atoms with Gasteiger partial charge in [0.1, 0.15) is 0 Å². The largest absolute Gasteiger partial charge is 0.328 e. The molecule has 0 aromatic carbocycles. The van der Waals surface area contributed by atoms with Gasteiger partial charge in [-0.3, -0.25) is 4.57 Å². The second-order valence-electron chi connectivity index (χ2n) is 4.32. The van der Waals surface area contributed by atoms with Crippen molar-refractivity contribution in [3.8, 4) is 0 Å². The van der Waals surface area contributed by atoms with E-state index in [-0.39, 0.29) is 0 Å². The van der Waals surface area contributed by atoms with Crippen molar-refractivity contribution in [1.82, 2.24) is 0 Å². The molecule has 4 heteroatoms. The van der Waals surface area contributed by atoms with Gasteiger partial charge in [0.25, 0.3) is 0 Å². The van der Waals surface area contributed by atoms with Gasteiger partial charge in [-0.05, 0) is 12.8 Å². The monoisotopic (exact) mass is 250 g/mol. The Bertz CT molecular complexity index is 195. The molecule has 1 N–H and O–H groups in total. The van der Waals surface area contributed by atoms with Crippen molar-refractivity contribution < 1.29 is 14.0 Å². The zero-order valence-corrected chi connectivity index (χ0v) is 11.7. The SMILES string of the molecule is CCCCCCCCP(=O)(O)OCCCC. The van der Waals surface area contributed by atoms with Gasteiger partial charge in [0.2, 0.25) is 0 Å². The van der Waals surface area contributed by atoms with Crippen LogP contribution in [0.3, 0.4) is 0 Å². The Kier molecular flexibility index (Phi) is 10.4. The molecular formula is C12H27O3P. The van der Waals surface area contributed by atoms with E-state index in [2.05, 4.69) is 6.92 Å². The van der Waals surface area contributed by atoms with Crippen LogP contribution < -0.4 is 0 Å². The maximum atomic E-state index is 11.5. The summed E-state index contributed by atoms with van der Waals surface area (Å²) >= 11 is 0. The van der Waals surface area contributed by atoms with Crippen molar-refractivity contribution in [3.63, 3.8) is 0 Å². The molecule has 1 unspecified atom stereocenters. The highest BCUT2D eigenvalue weighted by molar-refractivity contribution is 7.52. The van der Waals surface area contributed by atoms with E-state index >= 15 is 0 Å². The fourth-order valence-electron chi connectivity index (χ4n) is 1.51. The Morgan fingerprint density at radius 1 is 0.938 bits per heavy atom. The molecule has 0 rings (SSSR count). The lowest BCUT2D eigenvalue weighted by molar-refractivity contribution is 0.254. The first-order chi connectivity index (χ1) is 7.62. The Morgan fingerprint density at radius 2 is 1.50 bits per heavy atom. The minimum atomic E-state index is -3.28. The summed E-state index contributed by atoms with van der Waals surface area (Å²) in [5.74, 6) is 0. The standard InChI is InChI=1S/C12H27O3P/c1-3-5-7-8-9-10-12-16(13,14)15-11-6-4-2/h3-12H2,1-2H3,(H,13,14). The molecule has 0 bridgehead atoms. The Balaban J connectivity index is 3.39. The van der Waals surface area contributed by atoms with Crippen molar-refractivity contribution in [1.29, 1.82) is 0 Å². The van der Waals surface area contributed by atoms with Gasteiger partial charge in [0.15, 0.2) is 0 Å². The third-order valence-corrected chi connectivity index (χ3v) is 4.05. The molecule has 0 aromatic rings. The van der Waals surface area contributed by atoms with Crippen LogP contribution in [0.2, 0.25) is 0 Å². The van der Waals surface area contributed by atoms with Crippen molar-refractivity contribution in [3.05, 3.63) is 0 Å². The number of rotatable bonds is 11. The highest BCUT2D eigenvalue weighted by atomic mass is 31.2. The summed E-state index contributed by atoms with van der Waals surface area (Å²) < 4.78 is 16.5. The molecule has 0 radical (unpaired) electrons. The van der Waals surface area contributed by atoms with Gasteiger partial charge in [0, 0.05) is 6.16 Å². The smallest absolute Gasteiger partial charge is 0.324 e. The first-order valence-electron chi connectivity index (χ1n) is 6.58. The molecule has 0 aliphatic rings. The molecular weight excluding hydrogens is 223 g/mol. The molecule has 0 fully saturated rings. The molecule has 0 amide bonds. The maximum Gasteiger partial charge on any atom is 0.328 e. The van der Waals surface area contributed by atoms with E-state index in [4.69, 9.17) is 4.52 Å². The fourth-order valence-corrected chi connectivity index (χ4v) is 2.67. The predicted octanol–water partition coefficient (Wildman–Crippen LogP) is 4.35. The number of unbranched alkanes of at least 4 members (excludes halogenated alkanes) is 6. The molecule has 0 spiro atoms.